The van der Waals surface area contributed by atoms with Gasteiger partial charge in [-0.15, -0.1) is 0 Å². The van der Waals surface area contributed by atoms with Gasteiger partial charge in [0.05, 0.1) is 17.6 Å². The Morgan fingerprint density at radius 2 is 1.75 bits per heavy atom. The van der Waals surface area contributed by atoms with Crippen LogP contribution >= 0.6 is 15.9 Å². The van der Waals surface area contributed by atoms with Gasteiger partial charge in [-0.05, 0) is 61.0 Å². The summed E-state index contributed by atoms with van der Waals surface area (Å²) in [6.07, 6.45) is 1.26. The predicted octanol–water partition coefficient (Wildman–Crippen LogP) is 3.19. The van der Waals surface area contributed by atoms with Crippen LogP contribution in [-0.2, 0) is 4.74 Å². The number of hydrogen-bond donors (Lipinski definition) is 0. The average Bonchev–Trinajstić information content (AvgIpc) is 2.64. The first-order valence-electron chi connectivity index (χ1n) is 8.92. The smallest absolute Gasteiger partial charge is 0.410 e. The van der Waals surface area contributed by atoms with Crippen molar-refractivity contribution in [2.24, 2.45) is 0 Å². The number of carbonyl (C=O) groups is 1. The van der Waals surface area contributed by atoms with E-state index in [1.807, 2.05) is 25.7 Å². The molecule has 1 aliphatic rings. The number of ether oxygens (including phenoxy) is 1. The minimum atomic E-state index is -0.536. The van der Waals surface area contributed by atoms with E-state index in [1.54, 1.807) is 11.1 Å². The molecule has 1 saturated heterocycles. The molecule has 2 aromatic rings. The lowest BCUT2D eigenvalue weighted by Gasteiger charge is -2.36. The monoisotopic (exact) mass is 452 g/mol. The minimum Gasteiger partial charge on any atom is -0.444 e. The number of aromatic nitrogens is 2. The van der Waals surface area contributed by atoms with E-state index in [-0.39, 0.29) is 17.5 Å². The average molecular weight is 453 g/mol. The van der Waals surface area contributed by atoms with Crippen LogP contribution in [0.3, 0.4) is 0 Å². The van der Waals surface area contributed by atoms with Crippen molar-refractivity contribution >= 4 is 27.7 Å². The van der Waals surface area contributed by atoms with E-state index in [4.69, 9.17) is 4.74 Å². The molecule has 2 heterocycles. The van der Waals surface area contributed by atoms with Crippen LogP contribution in [0.15, 0.2) is 39.7 Å². The molecular weight excluding hydrogens is 431 g/mol. The van der Waals surface area contributed by atoms with Crippen LogP contribution in [0, 0.1) is 5.82 Å². The molecule has 1 aliphatic heterocycles. The van der Waals surface area contributed by atoms with Gasteiger partial charge in [0.15, 0.2) is 0 Å². The minimum absolute atomic E-state index is 0.335. The quantitative estimate of drug-likeness (QED) is 0.699. The summed E-state index contributed by atoms with van der Waals surface area (Å²) < 4.78 is 20.1. The Labute approximate surface area is 170 Å². The molecular formula is C19H22BrFN4O3. The second-order valence-corrected chi connectivity index (χ2v) is 8.28. The second kappa shape index (κ2) is 7.90. The maximum atomic E-state index is 13.1. The first-order chi connectivity index (χ1) is 13.2. The lowest BCUT2D eigenvalue weighted by Crippen LogP contribution is -2.50. The number of benzene rings is 1. The summed E-state index contributed by atoms with van der Waals surface area (Å²) in [5, 5.41) is 4.22. The highest BCUT2D eigenvalue weighted by atomic mass is 79.9. The summed E-state index contributed by atoms with van der Waals surface area (Å²) in [5.74, 6) is -0.379. The van der Waals surface area contributed by atoms with Gasteiger partial charge in [0, 0.05) is 26.2 Å². The SMILES string of the molecule is CC(C)(C)OC(=O)N1CCN(c2cnn(-c3ccc(F)cc3)c(=O)c2Br)CC1. The summed E-state index contributed by atoms with van der Waals surface area (Å²) in [6, 6.07) is 5.55. The van der Waals surface area contributed by atoms with Crippen molar-refractivity contribution in [1.29, 1.82) is 0 Å². The molecule has 3 rings (SSSR count). The number of halogens is 2. The topological polar surface area (TPSA) is 67.7 Å². The summed E-state index contributed by atoms with van der Waals surface area (Å²) in [5.41, 5.74) is 0.269. The van der Waals surface area contributed by atoms with Gasteiger partial charge in [0.25, 0.3) is 5.56 Å². The molecule has 0 spiro atoms. The van der Waals surface area contributed by atoms with Crippen LogP contribution < -0.4 is 10.5 Å². The lowest BCUT2D eigenvalue weighted by molar-refractivity contribution is 0.0240. The molecule has 9 heteroatoms. The number of carbonyl (C=O) groups excluding carboxylic acids is 1. The zero-order valence-electron chi connectivity index (χ0n) is 16.0. The maximum Gasteiger partial charge on any atom is 0.410 e. The van der Waals surface area contributed by atoms with E-state index in [0.717, 1.165) is 0 Å². The molecule has 1 amide bonds. The highest BCUT2D eigenvalue weighted by molar-refractivity contribution is 9.10. The van der Waals surface area contributed by atoms with Crippen LogP contribution in [-0.4, -0.2) is 52.6 Å². The number of rotatable bonds is 2. The Kier molecular flexibility index (Phi) is 5.74. The van der Waals surface area contributed by atoms with E-state index in [2.05, 4.69) is 21.0 Å². The van der Waals surface area contributed by atoms with E-state index < -0.39 is 5.60 Å². The number of nitrogens with zero attached hydrogens (tertiary/aromatic N) is 4. The van der Waals surface area contributed by atoms with Gasteiger partial charge in [-0.3, -0.25) is 4.79 Å². The molecule has 0 bridgehead atoms. The van der Waals surface area contributed by atoms with Gasteiger partial charge in [0.2, 0.25) is 0 Å². The molecule has 0 radical (unpaired) electrons. The van der Waals surface area contributed by atoms with Crippen molar-refractivity contribution in [3.8, 4) is 5.69 Å². The molecule has 28 heavy (non-hydrogen) atoms. The molecule has 0 saturated carbocycles. The fraction of sp³-hybridized carbons (Fsp3) is 0.421. The molecule has 0 atom stereocenters. The first kappa shape index (κ1) is 20.3. The van der Waals surface area contributed by atoms with Crippen LogP contribution in [0.1, 0.15) is 20.8 Å². The molecule has 7 nitrogen and oxygen atoms in total. The number of hydrogen-bond acceptors (Lipinski definition) is 5. The molecule has 1 aromatic carbocycles. The summed E-state index contributed by atoms with van der Waals surface area (Å²) in [6.45, 7) is 7.59. The Morgan fingerprint density at radius 1 is 1.14 bits per heavy atom. The molecule has 0 aliphatic carbocycles. The fourth-order valence-corrected chi connectivity index (χ4v) is 3.39. The van der Waals surface area contributed by atoms with Crippen molar-refractivity contribution in [2.45, 2.75) is 26.4 Å². The highest BCUT2D eigenvalue weighted by Gasteiger charge is 2.27. The van der Waals surface area contributed by atoms with Gasteiger partial charge in [-0.2, -0.15) is 9.78 Å². The molecule has 0 N–H and O–H groups in total. The Hall–Kier alpha value is -2.42. The van der Waals surface area contributed by atoms with Gasteiger partial charge in [-0.1, -0.05) is 0 Å². The van der Waals surface area contributed by atoms with Crippen LogP contribution in [0.25, 0.3) is 5.69 Å². The predicted molar refractivity (Wildman–Crippen MR) is 108 cm³/mol. The summed E-state index contributed by atoms with van der Waals surface area (Å²) in [4.78, 5) is 28.5. The normalized spacial score (nSPS) is 14.9. The van der Waals surface area contributed by atoms with E-state index in [9.17, 15) is 14.0 Å². The summed E-state index contributed by atoms with van der Waals surface area (Å²) in [7, 11) is 0. The third kappa shape index (κ3) is 4.52. The maximum absolute atomic E-state index is 13.1. The van der Waals surface area contributed by atoms with Crippen LogP contribution in [0.2, 0.25) is 0 Å². The van der Waals surface area contributed by atoms with Gasteiger partial charge in [-0.25, -0.2) is 9.18 Å². The molecule has 0 unspecified atom stereocenters. The number of piperazine rings is 1. The number of amides is 1. The van der Waals surface area contributed by atoms with E-state index >= 15 is 0 Å². The van der Waals surface area contributed by atoms with Crippen LogP contribution in [0.4, 0.5) is 14.9 Å². The van der Waals surface area contributed by atoms with Crippen LogP contribution in [0.5, 0.6) is 0 Å². The first-order valence-corrected chi connectivity index (χ1v) is 9.72. The zero-order chi connectivity index (χ0) is 20.5. The third-order valence-electron chi connectivity index (χ3n) is 4.24. The second-order valence-electron chi connectivity index (χ2n) is 7.49. The highest BCUT2D eigenvalue weighted by Crippen LogP contribution is 2.24. The van der Waals surface area contributed by atoms with E-state index in [0.29, 0.717) is 42.0 Å². The standard InChI is InChI=1S/C19H22BrFN4O3/c1-19(2,3)28-18(27)24-10-8-23(9-11-24)15-12-22-25(17(26)16(15)20)14-6-4-13(21)5-7-14/h4-7,12H,8-11H2,1-3H3. The third-order valence-corrected chi connectivity index (χ3v) is 4.99. The van der Waals surface area contributed by atoms with Gasteiger partial charge < -0.3 is 14.5 Å². The molecule has 1 aromatic heterocycles. The number of anilines is 1. The fourth-order valence-electron chi connectivity index (χ4n) is 2.87. The van der Waals surface area contributed by atoms with Gasteiger partial charge in [0.1, 0.15) is 15.9 Å². The Morgan fingerprint density at radius 3 is 2.32 bits per heavy atom. The molecule has 1 fully saturated rings. The van der Waals surface area contributed by atoms with Crippen molar-refractivity contribution in [2.75, 3.05) is 31.1 Å². The van der Waals surface area contributed by atoms with Crippen molar-refractivity contribution in [3.05, 3.63) is 51.1 Å². The lowest BCUT2D eigenvalue weighted by atomic mass is 10.2. The van der Waals surface area contributed by atoms with Crippen molar-refractivity contribution in [1.82, 2.24) is 14.7 Å². The Bertz CT molecular complexity index is 916. The van der Waals surface area contributed by atoms with Crippen molar-refractivity contribution < 1.29 is 13.9 Å². The Balaban J connectivity index is 1.74. The molecule has 150 valence electrons. The van der Waals surface area contributed by atoms with Crippen molar-refractivity contribution in [3.63, 3.8) is 0 Å². The van der Waals surface area contributed by atoms with Gasteiger partial charge >= 0.3 is 6.09 Å². The summed E-state index contributed by atoms with van der Waals surface area (Å²) >= 11 is 3.37. The largest absolute Gasteiger partial charge is 0.444 e. The zero-order valence-corrected chi connectivity index (χ0v) is 17.6. The van der Waals surface area contributed by atoms with E-state index in [1.165, 1.54) is 28.9 Å².